The zero-order chi connectivity index (χ0) is 12.3. The molecule has 0 amide bonds. The molecule has 0 radical (unpaired) electrons. The third kappa shape index (κ3) is 2.25. The van der Waals surface area contributed by atoms with Crippen LogP contribution in [0.3, 0.4) is 0 Å². The number of aromatic nitrogens is 1. The summed E-state index contributed by atoms with van der Waals surface area (Å²) in [6.45, 7) is 0. The number of aromatic carboxylic acids is 1. The second kappa shape index (κ2) is 4.86. The largest absolute Gasteiger partial charge is 0.478 e. The van der Waals surface area contributed by atoms with Crippen LogP contribution >= 0.6 is 11.6 Å². The molecule has 0 saturated carbocycles. The fraction of sp³-hybridized carbons (Fsp3) is 0.222. The Bertz CT molecular complexity index is 471. The van der Waals surface area contributed by atoms with Gasteiger partial charge in [0.1, 0.15) is 11.8 Å². The maximum absolute atomic E-state index is 12.5. The maximum Gasteiger partial charge on any atom is 0.337 e. The molecule has 0 saturated heterocycles. The van der Waals surface area contributed by atoms with Crippen molar-refractivity contribution in [3.63, 3.8) is 0 Å². The number of hydrogen-bond acceptors (Lipinski definition) is 3. The highest BCUT2D eigenvalue weighted by Crippen LogP contribution is 2.24. The van der Waals surface area contributed by atoms with Crippen molar-refractivity contribution in [3.8, 4) is 6.07 Å². The van der Waals surface area contributed by atoms with Crippen molar-refractivity contribution in [2.75, 3.05) is 0 Å². The first kappa shape index (κ1) is 12.3. The van der Waals surface area contributed by atoms with Crippen LogP contribution in [-0.4, -0.2) is 16.1 Å². The summed E-state index contributed by atoms with van der Waals surface area (Å²) in [5.41, 5.74) is -1.72. The Balaban J connectivity index is 3.48. The van der Waals surface area contributed by atoms with Gasteiger partial charge in [-0.15, -0.1) is 11.6 Å². The van der Waals surface area contributed by atoms with Gasteiger partial charge in [-0.05, 0) is 6.07 Å². The second-order valence-electron chi connectivity index (χ2n) is 2.77. The molecule has 4 nitrogen and oxygen atoms in total. The molecule has 7 heteroatoms. The minimum Gasteiger partial charge on any atom is -0.478 e. The Labute approximate surface area is 94.1 Å². The van der Waals surface area contributed by atoms with Gasteiger partial charge in [0.2, 0.25) is 0 Å². The summed E-state index contributed by atoms with van der Waals surface area (Å²) < 4.78 is 25.0. The third-order valence-corrected chi connectivity index (χ3v) is 2.08. The van der Waals surface area contributed by atoms with Gasteiger partial charge in [-0.3, -0.25) is 0 Å². The van der Waals surface area contributed by atoms with Crippen molar-refractivity contribution in [1.29, 1.82) is 5.26 Å². The SMILES string of the molecule is N#Cc1nc(CCl)c(C(=O)O)cc1C(F)F. The van der Waals surface area contributed by atoms with Gasteiger partial charge in [0.05, 0.1) is 22.7 Å². The quantitative estimate of drug-likeness (QED) is 0.831. The Kier molecular flexibility index (Phi) is 3.74. The molecule has 0 aliphatic carbocycles. The Hall–Kier alpha value is -1.74. The summed E-state index contributed by atoms with van der Waals surface area (Å²) in [5, 5.41) is 17.3. The Morgan fingerprint density at radius 2 is 2.31 bits per heavy atom. The lowest BCUT2D eigenvalue weighted by Gasteiger charge is -2.07. The van der Waals surface area contributed by atoms with Crippen LogP contribution in [0, 0.1) is 11.3 Å². The zero-order valence-electron chi connectivity index (χ0n) is 7.75. The number of nitriles is 1. The number of pyridine rings is 1. The highest BCUT2D eigenvalue weighted by atomic mass is 35.5. The van der Waals surface area contributed by atoms with Gasteiger partial charge in [-0.1, -0.05) is 0 Å². The van der Waals surface area contributed by atoms with Crippen molar-refractivity contribution >= 4 is 17.6 Å². The molecule has 0 unspecified atom stereocenters. The van der Waals surface area contributed by atoms with Gasteiger partial charge in [-0.25, -0.2) is 18.6 Å². The molecule has 16 heavy (non-hydrogen) atoms. The van der Waals surface area contributed by atoms with E-state index < -0.39 is 29.2 Å². The lowest BCUT2D eigenvalue weighted by Crippen LogP contribution is -2.08. The van der Waals surface area contributed by atoms with Gasteiger partial charge in [-0.2, -0.15) is 5.26 Å². The average Bonchev–Trinajstić information content (AvgIpc) is 2.26. The molecule has 0 spiro atoms. The number of carboxylic acid groups (broad SMARTS) is 1. The van der Waals surface area contributed by atoms with Gasteiger partial charge >= 0.3 is 5.97 Å². The summed E-state index contributed by atoms with van der Waals surface area (Å²) in [6.07, 6.45) is -2.95. The van der Waals surface area contributed by atoms with E-state index >= 15 is 0 Å². The average molecular weight is 247 g/mol. The van der Waals surface area contributed by atoms with Crippen molar-refractivity contribution < 1.29 is 18.7 Å². The maximum atomic E-state index is 12.5. The fourth-order valence-electron chi connectivity index (χ4n) is 1.11. The topological polar surface area (TPSA) is 74.0 Å². The van der Waals surface area contributed by atoms with Crippen LogP contribution in [0.1, 0.15) is 33.7 Å². The van der Waals surface area contributed by atoms with E-state index in [1.54, 1.807) is 0 Å². The fourth-order valence-corrected chi connectivity index (χ4v) is 1.31. The number of alkyl halides is 3. The van der Waals surface area contributed by atoms with E-state index in [0.29, 0.717) is 0 Å². The first-order chi connectivity index (χ1) is 7.51. The molecule has 0 atom stereocenters. The van der Waals surface area contributed by atoms with E-state index in [1.165, 1.54) is 6.07 Å². The molecule has 0 aromatic carbocycles. The Morgan fingerprint density at radius 3 is 2.69 bits per heavy atom. The van der Waals surface area contributed by atoms with Crippen LogP contribution in [-0.2, 0) is 5.88 Å². The van der Waals surface area contributed by atoms with Crippen molar-refractivity contribution in [1.82, 2.24) is 4.98 Å². The van der Waals surface area contributed by atoms with E-state index in [9.17, 15) is 13.6 Å². The summed E-state index contributed by atoms with van der Waals surface area (Å²) in [5.74, 6) is -1.67. The summed E-state index contributed by atoms with van der Waals surface area (Å²) >= 11 is 5.41. The highest BCUT2D eigenvalue weighted by Gasteiger charge is 2.20. The van der Waals surface area contributed by atoms with E-state index in [-0.39, 0.29) is 11.6 Å². The molecule has 1 aromatic heterocycles. The van der Waals surface area contributed by atoms with Crippen molar-refractivity contribution in [3.05, 3.63) is 28.6 Å². The molecule has 0 aliphatic rings. The smallest absolute Gasteiger partial charge is 0.337 e. The van der Waals surface area contributed by atoms with Crippen LogP contribution in [0.25, 0.3) is 0 Å². The van der Waals surface area contributed by atoms with Crippen LogP contribution < -0.4 is 0 Å². The highest BCUT2D eigenvalue weighted by molar-refractivity contribution is 6.17. The normalized spacial score (nSPS) is 10.2. The van der Waals surface area contributed by atoms with Crippen molar-refractivity contribution in [2.45, 2.75) is 12.3 Å². The van der Waals surface area contributed by atoms with Crippen LogP contribution in [0.5, 0.6) is 0 Å². The van der Waals surface area contributed by atoms with Crippen LogP contribution in [0.15, 0.2) is 6.07 Å². The molecule has 0 bridgehead atoms. The minimum atomic E-state index is -2.95. The monoisotopic (exact) mass is 246 g/mol. The molecule has 1 N–H and O–H groups in total. The first-order valence-corrected chi connectivity index (χ1v) is 4.56. The number of carbonyl (C=O) groups is 1. The molecule has 1 aromatic rings. The predicted octanol–water partition coefficient (Wildman–Crippen LogP) is 2.33. The third-order valence-electron chi connectivity index (χ3n) is 1.83. The number of hydrogen-bond donors (Lipinski definition) is 1. The number of rotatable bonds is 3. The minimum absolute atomic E-state index is 0.102. The van der Waals surface area contributed by atoms with Gasteiger partial charge in [0.25, 0.3) is 6.43 Å². The number of carboxylic acids is 1. The van der Waals surface area contributed by atoms with E-state index in [4.69, 9.17) is 22.0 Å². The molecular formula is C9H5ClF2N2O2. The molecular weight excluding hydrogens is 242 g/mol. The molecule has 84 valence electrons. The number of halogens is 3. The summed E-state index contributed by atoms with van der Waals surface area (Å²) in [4.78, 5) is 14.2. The van der Waals surface area contributed by atoms with Gasteiger partial charge < -0.3 is 5.11 Å². The summed E-state index contributed by atoms with van der Waals surface area (Å²) in [7, 11) is 0. The van der Waals surface area contributed by atoms with E-state index in [1.807, 2.05) is 0 Å². The molecule has 1 heterocycles. The van der Waals surface area contributed by atoms with Crippen LogP contribution in [0.4, 0.5) is 8.78 Å². The van der Waals surface area contributed by atoms with Gasteiger partial charge in [0.15, 0.2) is 0 Å². The van der Waals surface area contributed by atoms with E-state index in [2.05, 4.69) is 4.98 Å². The summed E-state index contributed by atoms with van der Waals surface area (Å²) in [6, 6.07) is 2.21. The van der Waals surface area contributed by atoms with Crippen LogP contribution in [0.2, 0.25) is 0 Å². The molecule has 1 rings (SSSR count). The standard InChI is InChI=1S/C9H5ClF2N2O2/c10-2-6-5(9(15)16)1-4(8(11)12)7(3-13)14-6/h1,8H,2H2,(H,15,16). The van der Waals surface area contributed by atoms with E-state index in [0.717, 1.165) is 6.07 Å². The molecule has 0 fully saturated rings. The molecule has 0 aliphatic heterocycles. The predicted molar refractivity (Wildman–Crippen MR) is 50.4 cm³/mol. The lowest BCUT2D eigenvalue weighted by molar-refractivity contribution is 0.0695. The van der Waals surface area contributed by atoms with Crippen molar-refractivity contribution in [2.24, 2.45) is 0 Å². The lowest BCUT2D eigenvalue weighted by atomic mass is 10.1. The zero-order valence-corrected chi connectivity index (χ0v) is 8.50. The first-order valence-electron chi connectivity index (χ1n) is 4.02. The Morgan fingerprint density at radius 1 is 1.69 bits per heavy atom. The second-order valence-corrected chi connectivity index (χ2v) is 3.04. The number of nitrogens with zero attached hydrogens (tertiary/aromatic N) is 2. The van der Waals surface area contributed by atoms with Gasteiger partial charge in [0, 0.05) is 0 Å².